The van der Waals surface area contributed by atoms with Crippen LogP contribution in [0, 0.1) is 11.8 Å². The van der Waals surface area contributed by atoms with Gasteiger partial charge in [0.1, 0.15) is 5.75 Å². The van der Waals surface area contributed by atoms with Crippen LogP contribution in [0.4, 0.5) is 0 Å². The van der Waals surface area contributed by atoms with E-state index in [1.165, 1.54) is 42.1 Å². The Morgan fingerprint density at radius 1 is 1.33 bits per heavy atom. The monoisotopic (exact) mass is 353 g/mol. The van der Waals surface area contributed by atoms with Crippen LogP contribution in [0.1, 0.15) is 44.6 Å². The Morgan fingerprint density at radius 3 is 2.76 bits per heavy atom. The topological polar surface area (TPSA) is 21.3 Å². The molecule has 1 atom stereocenters. The highest BCUT2D eigenvalue weighted by Crippen LogP contribution is 2.35. The van der Waals surface area contributed by atoms with Crippen molar-refractivity contribution < 1.29 is 4.74 Å². The molecule has 1 aromatic carbocycles. The highest BCUT2D eigenvalue weighted by molar-refractivity contribution is 9.10. The van der Waals surface area contributed by atoms with Crippen molar-refractivity contribution in [3.05, 3.63) is 28.2 Å². The van der Waals surface area contributed by atoms with Crippen LogP contribution in [0.3, 0.4) is 0 Å². The molecule has 0 bridgehead atoms. The summed E-state index contributed by atoms with van der Waals surface area (Å²) < 4.78 is 6.59. The lowest BCUT2D eigenvalue weighted by Gasteiger charge is -2.25. The molecule has 1 aliphatic carbocycles. The van der Waals surface area contributed by atoms with Gasteiger partial charge in [0, 0.05) is 4.47 Å². The Bertz CT molecular complexity index is 429. The van der Waals surface area contributed by atoms with Crippen LogP contribution < -0.4 is 10.1 Å². The lowest BCUT2D eigenvalue weighted by molar-refractivity contribution is 0.320. The van der Waals surface area contributed by atoms with E-state index in [9.17, 15) is 0 Å². The zero-order valence-electron chi connectivity index (χ0n) is 13.3. The molecular formula is C18H28BrNO. The Labute approximate surface area is 137 Å². The summed E-state index contributed by atoms with van der Waals surface area (Å²) in [5.41, 5.74) is 1.38. The first-order valence-corrected chi connectivity index (χ1v) is 9.07. The number of halogens is 1. The van der Waals surface area contributed by atoms with E-state index in [2.05, 4.69) is 40.3 Å². The minimum Gasteiger partial charge on any atom is -0.497 e. The molecule has 1 unspecified atom stereocenters. The number of methoxy groups -OCH3 is 1. The van der Waals surface area contributed by atoms with Gasteiger partial charge in [0.25, 0.3) is 0 Å². The van der Waals surface area contributed by atoms with Crippen molar-refractivity contribution in [1.82, 2.24) is 5.32 Å². The Kier molecular flexibility index (Phi) is 7.05. The molecule has 118 valence electrons. The average Bonchev–Trinajstić information content (AvgIpc) is 3.02. The summed E-state index contributed by atoms with van der Waals surface area (Å²) in [5.74, 6) is 2.58. The molecule has 0 amide bonds. The van der Waals surface area contributed by atoms with Gasteiger partial charge in [-0.2, -0.15) is 0 Å². The van der Waals surface area contributed by atoms with Crippen molar-refractivity contribution in [1.29, 1.82) is 0 Å². The largest absolute Gasteiger partial charge is 0.497 e. The van der Waals surface area contributed by atoms with Gasteiger partial charge in [-0.25, -0.2) is 0 Å². The highest BCUT2D eigenvalue weighted by Gasteiger charge is 2.25. The number of ether oxygens (including phenoxy) is 1. The maximum absolute atomic E-state index is 5.38. The molecule has 0 saturated heterocycles. The maximum Gasteiger partial charge on any atom is 0.119 e. The van der Waals surface area contributed by atoms with Gasteiger partial charge in [0.15, 0.2) is 0 Å². The second-order valence-corrected chi connectivity index (χ2v) is 7.02. The second-order valence-electron chi connectivity index (χ2n) is 6.17. The van der Waals surface area contributed by atoms with Gasteiger partial charge in [-0.1, -0.05) is 48.5 Å². The molecule has 0 aliphatic heterocycles. The van der Waals surface area contributed by atoms with Gasteiger partial charge in [0.2, 0.25) is 0 Å². The quantitative estimate of drug-likeness (QED) is 0.677. The summed E-state index contributed by atoms with van der Waals surface area (Å²) in [6.45, 7) is 4.50. The number of nitrogens with one attached hydrogen (secondary N) is 1. The van der Waals surface area contributed by atoms with E-state index in [1.807, 2.05) is 6.07 Å². The molecule has 0 heterocycles. The summed E-state index contributed by atoms with van der Waals surface area (Å²) >= 11 is 3.70. The number of hydrogen-bond acceptors (Lipinski definition) is 2. The Morgan fingerprint density at radius 2 is 2.10 bits per heavy atom. The van der Waals surface area contributed by atoms with Crippen molar-refractivity contribution in [3.8, 4) is 5.75 Å². The van der Waals surface area contributed by atoms with Crippen molar-refractivity contribution >= 4 is 15.9 Å². The zero-order valence-corrected chi connectivity index (χ0v) is 14.9. The van der Waals surface area contributed by atoms with E-state index in [0.717, 1.165) is 37.1 Å². The summed E-state index contributed by atoms with van der Waals surface area (Å²) in [6.07, 6.45) is 7.97. The minimum absolute atomic E-state index is 0.738. The number of rotatable bonds is 8. The second kappa shape index (κ2) is 8.79. The van der Waals surface area contributed by atoms with Gasteiger partial charge < -0.3 is 10.1 Å². The van der Waals surface area contributed by atoms with E-state index in [4.69, 9.17) is 4.74 Å². The Balaban J connectivity index is 2.05. The molecule has 1 aromatic rings. The molecule has 3 heteroatoms. The van der Waals surface area contributed by atoms with Gasteiger partial charge in [-0.3, -0.25) is 0 Å². The van der Waals surface area contributed by atoms with Crippen LogP contribution in [0.5, 0.6) is 5.75 Å². The van der Waals surface area contributed by atoms with E-state index in [1.54, 1.807) is 7.11 Å². The van der Waals surface area contributed by atoms with E-state index >= 15 is 0 Å². The third kappa shape index (κ3) is 5.00. The first-order valence-electron chi connectivity index (χ1n) is 8.27. The summed E-state index contributed by atoms with van der Waals surface area (Å²) in [5, 5.41) is 3.63. The Hall–Kier alpha value is -0.540. The summed E-state index contributed by atoms with van der Waals surface area (Å²) in [6, 6.07) is 6.32. The minimum atomic E-state index is 0.738. The van der Waals surface area contributed by atoms with Crippen LogP contribution in [0.2, 0.25) is 0 Å². The van der Waals surface area contributed by atoms with Crippen molar-refractivity contribution in [2.24, 2.45) is 11.8 Å². The number of benzene rings is 1. The first-order chi connectivity index (χ1) is 10.2. The van der Waals surface area contributed by atoms with E-state index in [0.29, 0.717) is 0 Å². The fraction of sp³-hybridized carbons (Fsp3) is 0.667. The van der Waals surface area contributed by atoms with Gasteiger partial charge in [0.05, 0.1) is 7.11 Å². The molecule has 1 fully saturated rings. The molecule has 2 nitrogen and oxygen atoms in total. The number of hydrogen-bond donors (Lipinski definition) is 1. The molecule has 0 radical (unpaired) electrons. The van der Waals surface area contributed by atoms with Crippen molar-refractivity contribution in [2.75, 3.05) is 20.2 Å². The van der Waals surface area contributed by atoms with Gasteiger partial charge in [-0.15, -0.1) is 0 Å². The molecule has 2 rings (SSSR count). The lowest BCUT2D eigenvalue weighted by Crippen LogP contribution is -2.29. The predicted molar refractivity (Wildman–Crippen MR) is 93.0 cm³/mol. The SMILES string of the molecule is CCCNCC(Cc1cc(OC)ccc1Br)C1CCCC1. The summed E-state index contributed by atoms with van der Waals surface area (Å²) in [7, 11) is 1.74. The average molecular weight is 354 g/mol. The van der Waals surface area contributed by atoms with Gasteiger partial charge in [-0.05, 0) is 61.5 Å². The fourth-order valence-electron chi connectivity index (χ4n) is 3.42. The van der Waals surface area contributed by atoms with Crippen molar-refractivity contribution in [3.63, 3.8) is 0 Å². The normalized spacial score (nSPS) is 17.1. The molecule has 0 aromatic heterocycles. The van der Waals surface area contributed by atoms with Crippen LogP contribution in [0.25, 0.3) is 0 Å². The highest BCUT2D eigenvalue weighted by atomic mass is 79.9. The van der Waals surface area contributed by atoms with Crippen molar-refractivity contribution in [2.45, 2.75) is 45.4 Å². The van der Waals surface area contributed by atoms with Crippen LogP contribution in [-0.4, -0.2) is 20.2 Å². The third-order valence-electron chi connectivity index (χ3n) is 4.63. The molecule has 0 spiro atoms. The first kappa shape index (κ1) is 16.8. The molecule has 1 aliphatic rings. The zero-order chi connectivity index (χ0) is 15.1. The molecule has 1 N–H and O–H groups in total. The fourth-order valence-corrected chi connectivity index (χ4v) is 3.82. The molecule has 1 saturated carbocycles. The van der Waals surface area contributed by atoms with E-state index < -0.39 is 0 Å². The summed E-state index contributed by atoms with van der Waals surface area (Å²) in [4.78, 5) is 0. The molecular weight excluding hydrogens is 326 g/mol. The van der Waals surface area contributed by atoms with Gasteiger partial charge >= 0.3 is 0 Å². The smallest absolute Gasteiger partial charge is 0.119 e. The predicted octanol–water partition coefficient (Wildman–Crippen LogP) is 4.81. The molecule has 21 heavy (non-hydrogen) atoms. The third-order valence-corrected chi connectivity index (χ3v) is 5.41. The van der Waals surface area contributed by atoms with Crippen LogP contribution in [-0.2, 0) is 6.42 Å². The van der Waals surface area contributed by atoms with E-state index in [-0.39, 0.29) is 0 Å². The standard InChI is InChI=1S/C18H28BrNO/c1-3-10-20-13-16(14-6-4-5-7-14)11-15-12-17(21-2)8-9-18(15)19/h8-9,12,14,16,20H,3-7,10-11,13H2,1-2H3. The van der Waals surface area contributed by atoms with Crippen LogP contribution in [0.15, 0.2) is 22.7 Å². The maximum atomic E-state index is 5.38. The lowest BCUT2D eigenvalue weighted by atomic mass is 9.85. The van der Waals surface area contributed by atoms with Crippen LogP contribution >= 0.6 is 15.9 Å².